The molecule has 2 aromatic carbocycles. The SMILES string of the molecule is CN=C(NCCC(=O)N1CCN(c2ccccc2)CC1)NCc1ccc(C)cc1.I. The molecule has 1 fully saturated rings. The van der Waals surface area contributed by atoms with Crippen molar-refractivity contribution in [2.24, 2.45) is 4.99 Å². The van der Waals surface area contributed by atoms with E-state index >= 15 is 0 Å². The lowest BCUT2D eigenvalue weighted by atomic mass is 10.1. The van der Waals surface area contributed by atoms with E-state index in [4.69, 9.17) is 0 Å². The number of nitrogens with one attached hydrogen (secondary N) is 2. The van der Waals surface area contributed by atoms with Gasteiger partial charge in [0, 0.05) is 58.4 Å². The van der Waals surface area contributed by atoms with Crippen molar-refractivity contribution in [1.29, 1.82) is 0 Å². The van der Waals surface area contributed by atoms with Gasteiger partial charge < -0.3 is 20.4 Å². The number of piperazine rings is 1. The number of halogens is 1. The van der Waals surface area contributed by atoms with Crippen LogP contribution in [-0.4, -0.2) is 56.5 Å². The lowest BCUT2D eigenvalue weighted by molar-refractivity contribution is -0.131. The van der Waals surface area contributed by atoms with Gasteiger partial charge >= 0.3 is 0 Å². The standard InChI is InChI=1S/C23H31N5O.HI/c1-19-8-10-20(11-9-19)18-26-23(24-2)25-13-12-22(29)28-16-14-27(15-17-28)21-6-4-3-5-7-21;/h3-11H,12-18H2,1-2H3,(H2,24,25,26);1H. The van der Waals surface area contributed by atoms with Crippen molar-refractivity contribution in [3.05, 3.63) is 65.7 Å². The van der Waals surface area contributed by atoms with Crippen molar-refractivity contribution in [2.45, 2.75) is 19.9 Å². The smallest absolute Gasteiger partial charge is 0.224 e. The number of para-hydroxylation sites is 1. The van der Waals surface area contributed by atoms with Crippen molar-refractivity contribution in [1.82, 2.24) is 15.5 Å². The maximum Gasteiger partial charge on any atom is 0.224 e. The number of hydrogen-bond donors (Lipinski definition) is 2. The van der Waals surface area contributed by atoms with Crippen LogP contribution in [0.4, 0.5) is 5.69 Å². The molecule has 1 aliphatic heterocycles. The van der Waals surface area contributed by atoms with Crippen molar-refractivity contribution >= 4 is 41.5 Å². The fourth-order valence-corrected chi connectivity index (χ4v) is 3.41. The van der Waals surface area contributed by atoms with E-state index < -0.39 is 0 Å². The van der Waals surface area contributed by atoms with E-state index in [-0.39, 0.29) is 29.9 Å². The highest BCUT2D eigenvalue weighted by Gasteiger charge is 2.20. The highest BCUT2D eigenvalue weighted by atomic mass is 127. The van der Waals surface area contributed by atoms with E-state index in [1.807, 2.05) is 11.0 Å². The Morgan fingerprint density at radius 3 is 2.27 bits per heavy atom. The molecule has 1 heterocycles. The summed E-state index contributed by atoms with van der Waals surface area (Å²) >= 11 is 0. The zero-order valence-corrected chi connectivity index (χ0v) is 20.1. The van der Waals surface area contributed by atoms with Gasteiger partial charge in [-0.1, -0.05) is 48.0 Å². The molecular formula is C23H32IN5O. The highest BCUT2D eigenvalue weighted by Crippen LogP contribution is 2.15. The Balaban J connectivity index is 0.00000320. The average molecular weight is 521 g/mol. The molecule has 0 unspecified atom stereocenters. The third-order valence-corrected chi connectivity index (χ3v) is 5.19. The van der Waals surface area contributed by atoms with Crippen LogP contribution in [0.2, 0.25) is 0 Å². The first-order valence-corrected chi connectivity index (χ1v) is 10.2. The van der Waals surface area contributed by atoms with E-state index in [1.165, 1.54) is 16.8 Å². The predicted molar refractivity (Wildman–Crippen MR) is 135 cm³/mol. The maximum atomic E-state index is 12.5. The van der Waals surface area contributed by atoms with Gasteiger partial charge in [0.25, 0.3) is 0 Å². The minimum Gasteiger partial charge on any atom is -0.368 e. The van der Waals surface area contributed by atoms with E-state index in [1.54, 1.807) is 7.05 Å². The summed E-state index contributed by atoms with van der Waals surface area (Å²) in [5.41, 5.74) is 3.68. The molecule has 0 saturated carbocycles. The van der Waals surface area contributed by atoms with E-state index in [9.17, 15) is 4.79 Å². The second kappa shape index (κ2) is 12.4. The van der Waals surface area contributed by atoms with E-state index in [2.05, 4.69) is 76.0 Å². The van der Waals surface area contributed by atoms with Crippen LogP contribution in [0.1, 0.15) is 17.5 Å². The van der Waals surface area contributed by atoms with Crippen LogP contribution in [0, 0.1) is 6.92 Å². The Labute approximate surface area is 196 Å². The summed E-state index contributed by atoms with van der Waals surface area (Å²) in [5, 5.41) is 6.53. The van der Waals surface area contributed by atoms with Crippen LogP contribution < -0.4 is 15.5 Å². The van der Waals surface area contributed by atoms with Crippen LogP contribution >= 0.6 is 24.0 Å². The summed E-state index contributed by atoms with van der Waals surface area (Å²) in [6, 6.07) is 18.8. The summed E-state index contributed by atoms with van der Waals surface area (Å²) in [4.78, 5) is 21.1. The topological polar surface area (TPSA) is 60.0 Å². The van der Waals surface area contributed by atoms with Gasteiger partial charge in [0.1, 0.15) is 0 Å². The normalized spacial score (nSPS) is 14.1. The van der Waals surface area contributed by atoms with Gasteiger partial charge in [0.05, 0.1) is 0 Å². The van der Waals surface area contributed by atoms with Crippen molar-refractivity contribution in [2.75, 3.05) is 44.7 Å². The zero-order valence-electron chi connectivity index (χ0n) is 17.8. The molecule has 162 valence electrons. The monoisotopic (exact) mass is 521 g/mol. The van der Waals surface area contributed by atoms with Crippen LogP contribution in [0.5, 0.6) is 0 Å². The molecule has 6 nitrogen and oxygen atoms in total. The Hall–Kier alpha value is -2.29. The molecule has 0 radical (unpaired) electrons. The van der Waals surface area contributed by atoms with Crippen LogP contribution in [-0.2, 0) is 11.3 Å². The van der Waals surface area contributed by atoms with Crippen LogP contribution in [0.25, 0.3) is 0 Å². The van der Waals surface area contributed by atoms with Gasteiger partial charge in [-0.3, -0.25) is 9.79 Å². The first kappa shape index (κ1) is 24.0. The Bertz CT molecular complexity index is 802. The summed E-state index contributed by atoms with van der Waals surface area (Å²) in [7, 11) is 1.75. The molecule has 0 atom stereocenters. The van der Waals surface area contributed by atoms with Crippen LogP contribution in [0.3, 0.4) is 0 Å². The highest BCUT2D eigenvalue weighted by molar-refractivity contribution is 14.0. The Morgan fingerprint density at radius 2 is 1.63 bits per heavy atom. The number of carbonyl (C=O) groups is 1. The number of anilines is 1. The second-order valence-corrected chi connectivity index (χ2v) is 7.29. The third-order valence-electron chi connectivity index (χ3n) is 5.19. The molecule has 1 aliphatic rings. The van der Waals surface area contributed by atoms with Gasteiger partial charge in [-0.25, -0.2) is 0 Å². The number of carbonyl (C=O) groups excluding carboxylic acids is 1. The van der Waals surface area contributed by atoms with Gasteiger partial charge in [0.2, 0.25) is 5.91 Å². The lowest BCUT2D eigenvalue weighted by Gasteiger charge is -2.36. The van der Waals surface area contributed by atoms with Gasteiger partial charge in [-0.2, -0.15) is 0 Å². The molecule has 2 N–H and O–H groups in total. The van der Waals surface area contributed by atoms with Crippen molar-refractivity contribution in [3.63, 3.8) is 0 Å². The summed E-state index contributed by atoms with van der Waals surface area (Å²) < 4.78 is 0. The maximum absolute atomic E-state index is 12.5. The fraction of sp³-hybridized carbons (Fsp3) is 0.391. The number of aryl methyl sites for hydroxylation is 1. The van der Waals surface area contributed by atoms with E-state index in [0.29, 0.717) is 25.5 Å². The average Bonchev–Trinajstić information content (AvgIpc) is 2.78. The fourth-order valence-electron chi connectivity index (χ4n) is 3.41. The molecule has 30 heavy (non-hydrogen) atoms. The molecule has 0 aromatic heterocycles. The van der Waals surface area contributed by atoms with E-state index in [0.717, 1.165) is 26.2 Å². The molecule has 1 saturated heterocycles. The predicted octanol–water partition coefficient (Wildman–Crippen LogP) is 3.02. The minimum atomic E-state index is 0. The number of aliphatic imine (C=N–C) groups is 1. The molecule has 3 rings (SSSR count). The molecule has 0 bridgehead atoms. The van der Waals surface area contributed by atoms with Crippen molar-refractivity contribution < 1.29 is 4.79 Å². The summed E-state index contributed by atoms with van der Waals surface area (Å²) in [5.74, 6) is 0.909. The Morgan fingerprint density at radius 1 is 0.967 bits per heavy atom. The number of amides is 1. The van der Waals surface area contributed by atoms with Crippen LogP contribution in [0.15, 0.2) is 59.6 Å². The first-order valence-electron chi connectivity index (χ1n) is 10.2. The lowest BCUT2D eigenvalue weighted by Crippen LogP contribution is -2.49. The number of guanidine groups is 1. The molecule has 7 heteroatoms. The molecule has 1 amide bonds. The second-order valence-electron chi connectivity index (χ2n) is 7.29. The first-order chi connectivity index (χ1) is 14.2. The largest absolute Gasteiger partial charge is 0.368 e. The van der Waals surface area contributed by atoms with Gasteiger partial charge in [0.15, 0.2) is 5.96 Å². The third kappa shape index (κ3) is 7.19. The van der Waals surface area contributed by atoms with Gasteiger partial charge in [-0.05, 0) is 24.6 Å². The number of nitrogens with zero attached hydrogens (tertiary/aromatic N) is 3. The van der Waals surface area contributed by atoms with Crippen molar-refractivity contribution in [3.8, 4) is 0 Å². The number of rotatable bonds is 6. The molecule has 0 spiro atoms. The zero-order chi connectivity index (χ0) is 20.5. The molecule has 2 aromatic rings. The molecule has 0 aliphatic carbocycles. The quantitative estimate of drug-likeness (QED) is 0.349. The summed E-state index contributed by atoms with van der Waals surface area (Å²) in [6.07, 6.45) is 0.469. The Kier molecular flexibility index (Phi) is 9.93. The molecular weight excluding hydrogens is 489 g/mol. The van der Waals surface area contributed by atoms with Gasteiger partial charge in [-0.15, -0.1) is 24.0 Å². The minimum absolute atomic E-state index is 0. The number of benzene rings is 2. The summed E-state index contributed by atoms with van der Waals surface area (Å²) in [6.45, 7) is 6.66. The number of hydrogen-bond acceptors (Lipinski definition) is 3.